The van der Waals surface area contributed by atoms with Crippen molar-refractivity contribution >= 4 is 28.9 Å². The topological polar surface area (TPSA) is 48.1 Å². The van der Waals surface area contributed by atoms with Crippen LogP contribution in [0.25, 0.3) is 10.6 Å². The van der Waals surface area contributed by atoms with E-state index in [1.807, 2.05) is 35.9 Å². The third-order valence-corrected chi connectivity index (χ3v) is 5.37. The molecule has 0 aliphatic heterocycles. The molecule has 2 heterocycles. The highest BCUT2D eigenvalue weighted by Gasteiger charge is 2.09. The maximum Gasteiger partial charge on any atom is 0.206 e. The average molecular weight is 400 g/mol. The van der Waals surface area contributed by atoms with E-state index in [0.29, 0.717) is 18.9 Å². The molecule has 0 atom stereocenters. The maximum absolute atomic E-state index is 5.57. The summed E-state index contributed by atoms with van der Waals surface area (Å²) in [6, 6.07) is 9.87. The molecule has 0 saturated heterocycles. The summed E-state index contributed by atoms with van der Waals surface area (Å²) >= 11 is 3.24. The van der Waals surface area contributed by atoms with Crippen LogP contribution in [0.15, 0.2) is 63.8 Å². The van der Waals surface area contributed by atoms with Gasteiger partial charge in [-0.1, -0.05) is 12.1 Å². The number of hydrogen-bond acceptors (Lipinski definition) is 6. The number of thiophene rings is 1. The van der Waals surface area contributed by atoms with Crippen molar-refractivity contribution in [3.63, 3.8) is 0 Å². The lowest BCUT2D eigenvalue weighted by Crippen LogP contribution is -2.12. The molecule has 0 N–H and O–H groups in total. The second kappa shape index (κ2) is 9.34. The van der Waals surface area contributed by atoms with E-state index >= 15 is 0 Å². The van der Waals surface area contributed by atoms with Crippen LogP contribution in [0, 0.1) is 0 Å². The molecule has 0 fully saturated rings. The van der Waals surface area contributed by atoms with Gasteiger partial charge in [0.15, 0.2) is 11.5 Å². The van der Waals surface area contributed by atoms with Gasteiger partial charge in [-0.25, -0.2) is 4.68 Å². The quantitative estimate of drug-likeness (QED) is 0.409. The fraction of sp³-hybridized carbons (Fsp3) is 0.200. The fourth-order valence-corrected chi connectivity index (χ4v) is 4.06. The van der Waals surface area contributed by atoms with E-state index in [4.69, 9.17) is 9.47 Å². The Morgan fingerprint density at radius 3 is 2.81 bits per heavy atom. The van der Waals surface area contributed by atoms with Crippen LogP contribution < -0.4 is 14.3 Å². The van der Waals surface area contributed by atoms with Gasteiger partial charge < -0.3 is 9.47 Å². The number of benzene rings is 1. The van der Waals surface area contributed by atoms with Crippen molar-refractivity contribution in [1.82, 2.24) is 4.68 Å². The molecular weight excluding hydrogens is 378 g/mol. The van der Waals surface area contributed by atoms with Crippen molar-refractivity contribution in [2.24, 2.45) is 10.1 Å². The summed E-state index contributed by atoms with van der Waals surface area (Å²) in [7, 11) is 1.63. The second-order valence-corrected chi connectivity index (χ2v) is 7.19. The molecule has 0 bridgehead atoms. The predicted molar refractivity (Wildman–Crippen MR) is 113 cm³/mol. The van der Waals surface area contributed by atoms with Gasteiger partial charge in [-0.2, -0.15) is 5.10 Å². The molecule has 5 nitrogen and oxygen atoms in total. The van der Waals surface area contributed by atoms with Crippen molar-refractivity contribution in [2.45, 2.75) is 6.92 Å². The van der Waals surface area contributed by atoms with Crippen molar-refractivity contribution in [3.8, 4) is 22.1 Å². The van der Waals surface area contributed by atoms with Crippen LogP contribution in [0.4, 0.5) is 0 Å². The first-order valence-electron chi connectivity index (χ1n) is 8.47. The number of ether oxygens (including phenoxy) is 2. The molecule has 1 aromatic carbocycles. The maximum atomic E-state index is 5.57. The molecule has 0 spiro atoms. The van der Waals surface area contributed by atoms with Crippen LogP contribution >= 0.6 is 22.7 Å². The van der Waals surface area contributed by atoms with Gasteiger partial charge in [0.2, 0.25) is 4.80 Å². The van der Waals surface area contributed by atoms with E-state index in [2.05, 4.69) is 33.5 Å². The predicted octanol–water partition coefficient (Wildman–Crippen LogP) is 4.65. The minimum absolute atomic E-state index is 0.552. The van der Waals surface area contributed by atoms with Gasteiger partial charge in [-0.15, -0.1) is 29.3 Å². The molecule has 0 unspecified atom stereocenters. The Hall–Kier alpha value is -2.64. The zero-order valence-electron chi connectivity index (χ0n) is 15.3. The zero-order valence-corrected chi connectivity index (χ0v) is 16.9. The highest BCUT2D eigenvalue weighted by Crippen LogP contribution is 2.28. The number of thiazole rings is 1. The molecule has 3 rings (SSSR count). The minimum atomic E-state index is 0.552. The van der Waals surface area contributed by atoms with E-state index < -0.39 is 0 Å². The average Bonchev–Trinajstić information content (AvgIpc) is 3.35. The Labute approximate surface area is 166 Å². The van der Waals surface area contributed by atoms with Crippen LogP contribution in [-0.4, -0.2) is 31.2 Å². The third-order valence-electron chi connectivity index (χ3n) is 3.62. The fourth-order valence-electron chi connectivity index (χ4n) is 2.42. The van der Waals surface area contributed by atoms with Gasteiger partial charge in [0.05, 0.1) is 37.0 Å². The number of nitrogens with zero attached hydrogens (tertiary/aromatic N) is 3. The normalized spacial score (nSPS) is 11.9. The van der Waals surface area contributed by atoms with Gasteiger partial charge in [0.25, 0.3) is 0 Å². The molecule has 0 aliphatic carbocycles. The molecule has 2 aromatic heterocycles. The molecule has 27 heavy (non-hydrogen) atoms. The lowest BCUT2D eigenvalue weighted by molar-refractivity contribution is 0.311. The molecule has 0 amide bonds. The van der Waals surface area contributed by atoms with E-state index in [9.17, 15) is 0 Å². The first-order chi connectivity index (χ1) is 13.3. The van der Waals surface area contributed by atoms with Crippen LogP contribution in [0.2, 0.25) is 0 Å². The lowest BCUT2D eigenvalue weighted by atomic mass is 10.2. The number of rotatable bonds is 8. The van der Waals surface area contributed by atoms with E-state index in [1.54, 1.807) is 42.1 Å². The van der Waals surface area contributed by atoms with Crippen molar-refractivity contribution in [1.29, 1.82) is 0 Å². The van der Waals surface area contributed by atoms with Crippen LogP contribution in [-0.2, 0) is 0 Å². The summed E-state index contributed by atoms with van der Waals surface area (Å²) in [5.41, 5.74) is 1.94. The number of hydrogen-bond donors (Lipinski definition) is 0. The molecule has 0 radical (unpaired) electrons. The van der Waals surface area contributed by atoms with Crippen LogP contribution in [0.5, 0.6) is 11.5 Å². The summed E-state index contributed by atoms with van der Waals surface area (Å²) < 4.78 is 12.8. The van der Waals surface area contributed by atoms with Crippen LogP contribution in [0.1, 0.15) is 12.5 Å². The van der Waals surface area contributed by atoms with E-state index in [1.165, 1.54) is 0 Å². The highest BCUT2D eigenvalue weighted by molar-refractivity contribution is 7.14. The van der Waals surface area contributed by atoms with Gasteiger partial charge in [0.1, 0.15) is 0 Å². The summed E-state index contributed by atoms with van der Waals surface area (Å²) in [6.07, 6.45) is 3.57. The second-order valence-electron chi connectivity index (χ2n) is 5.41. The third kappa shape index (κ3) is 4.56. The lowest BCUT2D eigenvalue weighted by Gasteiger charge is -2.09. The van der Waals surface area contributed by atoms with Gasteiger partial charge >= 0.3 is 0 Å². The summed E-state index contributed by atoms with van der Waals surface area (Å²) in [5.74, 6) is 1.41. The molecule has 140 valence electrons. The Morgan fingerprint density at radius 2 is 2.11 bits per heavy atom. The van der Waals surface area contributed by atoms with Crippen molar-refractivity contribution in [3.05, 3.63) is 64.1 Å². The summed E-state index contributed by atoms with van der Waals surface area (Å²) in [5, 5.41) is 8.81. The Morgan fingerprint density at radius 1 is 1.22 bits per heavy atom. The van der Waals surface area contributed by atoms with Crippen molar-refractivity contribution < 1.29 is 9.47 Å². The standard InChI is InChI=1S/C20H21N3O2S2/c1-4-10-21-20-23(16(14-27-20)19-7-6-11-26-19)22-13-15-8-9-17(25-5-2)18(12-15)24-3/h4,6-9,11-14H,1,5,10H2,2-3H3. The zero-order chi connectivity index (χ0) is 19.1. The van der Waals surface area contributed by atoms with Crippen molar-refractivity contribution in [2.75, 3.05) is 20.3 Å². The molecular formula is C20H21N3O2S2. The van der Waals surface area contributed by atoms with Gasteiger partial charge in [0, 0.05) is 5.38 Å². The molecule has 0 aliphatic rings. The Balaban J connectivity index is 1.99. The van der Waals surface area contributed by atoms with E-state index in [0.717, 1.165) is 26.7 Å². The summed E-state index contributed by atoms with van der Waals surface area (Å²) in [6.45, 7) is 6.83. The highest BCUT2D eigenvalue weighted by atomic mass is 32.1. The number of aromatic nitrogens is 1. The summed E-state index contributed by atoms with van der Waals surface area (Å²) in [4.78, 5) is 6.52. The smallest absolute Gasteiger partial charge is 0.206 e. The Kier molecular flexibility index (Phi) is 6.62. The first kappa shape index (κ1) is 19.1. The van der Waals surface area contributed by atoms with Gasteiger partial charge in [-0.3, -0.25) is 4.99 Å². The number of methoxy groups -OCH3 is 1. The Bertz CT molecular complexity index is 985. The van der Waals surface area contributed by atoms with Crippen LogP contribution in [0.3, 0.4) is 0 Å². The minimum Gasteiger partial charge on any atom is -0.493 e. The molecule has 0 saturated carbocycles. The molecule has 3 aromatic rings. The van der Waals surface area contributed by atoms with E-state index in [-0.39, 0.29) is 0 Å². The van der Waals surface area contributed by atoms with Gasteiger partial charge in [-0.05, 0) is 42.1 Å². The SMILES string of the molecule is C=CCN=c1scc(-c2cccs2)n1N=Cc1ccc(OCC)c(OC)c1. The largest absolute Gasteiger partial charge is 0.493 e. The first-order valence-corrected chi connectivity index (χ1v) is 10.2. The monoisotopic (exact) mass is 399 g/mol. The molecule has 7 heteroatoms.